The quantitative estimate of drug-likeness (QED) is 0.428. The summed E-state index contributed by atoms with van der Waals surface area (Å²) in [5.74, 6) is -3.15. The van der Waals surface area contributed by atoms with E-state index in [0.717, 1.165) is 17.0 Å². The standard InChI is InChI=1S/C18H17F3N6O3.C6H4ClF/c1-22-17(29)16-24-15(12-5-23-13(28)7-26(12)16)25-18(30)27-6-10(14(20)21)9-4-8(19)2-3-11(9)27;7-5-1-3-6(8)4-2-5/h2-4,10,14H,5-7H2,1H3,(H,22,29)(H,23,28)(H,25,30);1-4H. The minimum absolute atomic E-state index is 0.0277. The Hall–Kier alpha value is -4.13. The van der Waals surface area contributed by atoms with Crippen LogP contribution in [0.2, 0.25) is 5.02 Å². The predicted octanol–water partition coefficient (Wildman–Crippen LogP) is 3.89. The second-order valence-corrected chi connectivity index (χ2v) is 8.73. The van der Waals surface area contributed by atoms with Gasteiger partial charge in [0.1, 0.15) is 18.2 Å². The van der Waals surface area contributed by atoms with E-state index < -0.39 is 30.1 Å². The summed E-state index contributed by atoms with van der Waals surface area (Å²) >= 11 is 5.44. The lowest BCUT2D eigenvalue weighted by molar-refractivity contribution is -0.122. The Morgan fingerprint density at radius 1 is 1.13 bits per heavy atom. The third kappa shape index (κ3) is 5.57. The summed E-state index contributed by atoms with van der Waals surface area (Å²) in [6, 6.07) is 8.26. The normalized spacial score (nSPS) is 15.7. The SMILES string of the molecule is CNC(=O)c1nc(NC(=O)N2CC(C(F)F)c3cc(F)ccc32)c2n1CC(=O)NC2.Fc1ccc(Cl)cc1. The maximum Gasteiger partial charge on any atom is 0.327 e. The van der Waals surface area contributed by atoms with Crippen LogP contribution in [0.15, 0.2) is 42.5 Å². The number of nitrogens with zero attached hydrogens (tertiary/aromatic N) is 3. The van der Waals surface area contributed by atoms with E-state index in [9.17, 15) is 31.9 Å². The van der Waals surface area contributed by atoms with E-state index in [-0.39, 0.29) is 54.3 Å². The van der Waals surface area contributed by atoms with E-state index in [1.54, 1.807) is 0 Å². The van der Waals surface area contributed by atoms with Crippen LogP contribution in [0.5, 0.6) is 0 Å². The minimum atomic E-state index is -2.78. The van der Waals surface area contributed by atoms with Gasteiger partial charge in [0.05, 0.1) is 18.2 Å². The number of halogens is 5. The highest BCUT2D eigenvalue weighted by Crippen LogP contribution is 2.40. The largest absolute Gasteiger partial charge is 0.352 e. The van der Waals surface area contributed by atoms with Crippen molar-refractivity contribution in [2.75, 3.05) is 23.8 Å². The number of rotatable bonds is 3. The fourth-order valence-electron chi connectivity index (χ4n) is 4.07. The first-order chi connectivity index (χ1) is 18.1. The second kappa shape index (κ2) is 11.1. The van der Waals surface area contributed by atoms with E-state index in [1.165, 1.54) is 41.9 Å². The van der Waals surface area contributed by atoms with Gasteiger partial charge in [-0.2, -0.15) is 0 Å². The molecule has 0 radical (unpaired) electrons. The van der Waals surface area contributed by atoms with Crippen LogP contribution < -0.4 is 20.9 Å². The number of carbonyl (C=O) groups is 3. The number of nitrogens with one attached hydrogen (secondary N) is 3. The maximum absolute atomic E-state index is 13.6. The van der Waals surface area contributed by atoms with Crippen LogP contribution in [0.1, 0.15) is 27.8 Å². The molecule has 2 aliphatic heterocycles. The zero-order valence-electron chi connectivity index (χ0n) is 19.8. The van der Waals surface area contributed by atoms with Crippen molar-refractivity contribution in [1.82, 2.24) is 20.2 Å². The number of hydrogen-bond acceptors (Lipinski definition) is 4. The highest BCUT2D eigenvalue weighted by Gasteiger charge is 2.38. The Morgan fingerprint density at radius 3 is 2.45 bits per heavy atom. The van der Waals surface area contributed by atoms with Crippen molar-refractivity contribution < 1.29 is 31.9 Å². The first kappa shape index (κ1) is 26.9. The fourth-order valence-corrected chi connectivity index (χ4v) is 4.20. The number of anilines is 2. The Kier molecular flexibility index (Phi) is 7.86. The Morgan fingerprint density at radius 2 is 1.82 bits per heavy atom. The first-order valence-corrected chi connectivity index (χ1v) is 11.6. The molecule has 0 aliphatic carbocycles. The summed E-state index contributed by atoms with van der Waals surface area (Å²) < 4.78 is 53.8. The molecule has 4 amide bonds. The average molecular weight is 553 g/mol. The van der Waals surface area contributed by atoms with Crippen LogP contribution in [0.25, 0.3) is 0 Å². The van der Waals surface area contributed by atoms with Crippen molar-refractivity contribution in [2.45, 2.75) is 25.4 Å². The summed E-state index contributed by atoms with van der Waals surface area (Å²) in [5, 5.41) is 8.09. The van der Waals surface area contributed by atoms with Crippen molar-refractivity contribution >= 4 is 41.0 Å². The number of carbonyl (C=O) groups excluding carboxylic acids is 3. The average Bonchev–Trinajstić information content (AvgIpc) is 3.44. The molecule has 3 aromatic rings. The summed E-state index contributed by atoms with van der Waals surface area (Å²) in [6.07, 6.45) is -2.78. The van der Waals surface area contributed by atoms with Crippen molar-refractivity contribution in [3.63, 3.8) is 0 Å². The molecule has 0 saturated carbocycles. The summed E-state index contributed by atoms with van der Waals surface area (Å²) in [7, 11) is 1.40. The molecule has 1 atom stereocenters. The first-order valence-electron chi connectivity index (χ1n) is 11.2. The van der Waals surface area contributed by atoms with Gasteiger partial charge in [0.15, 0.2) is 5.82 Å². The molecule has 1 unspecified atom stereocenters. The van der Waals surface area contributed by atoms with E-state index in [2.05, 4.69) is 20.9 Å². The Labute approximate surface area is 218 Å². The minimum Gasteiger partial charge on any atom is -0.352 e. The Bertz CT molecular complexity index is 1360. The zero-order valence-corrected chi connectivity index (χ0v) is 20.5. The number of amides is 4. The number of urea groups is 1. The highest BCUT2D eigenvalue weighted by atomic mass is 35.5. The van der Waals surface area contributed by atoms with E-state index in [4.69, 9.17) is 11.6 Å². The van der Waals surface area contributed by atoms with Crippen LogP contribution in [-0.2, 0) is 17.9 Å². The second-order valence-electron chi connectivity index (χ2n) is 8.29. The Balaban J connectivity index is 0.000000360. The van der Waals surface area contributed by atoms with Gasteiger partial charge in [0.2, 0.25) is 18.2 Å². The molecule has 0 bridgehead atoms. The molecule has 0 saturated heterocycles. The van der Waals surface area contributed by atoms with Gasteiger partial charge in [-0.1, -0.05) is 11.6 Å². The molecule has 3 N–H and O–H groups in total. The molecule has 1 aromatic heterocycles. The van der Waals surface area contributed by atoms with Gasteiger partial charge in [0.25, 0.3) is 5.91 Å². The third-order valence-corrected chi connectivity index (χ3v) is 6.15. The maximum atomic E-state index is 13.6. The molecule has 9 nitrogen and oxygen atoms in total. The van der Waals surface area contributed by atoms with Gasteiger partial charge >= 0.3 is 6.03 Å². The molecule has 38 heavy (non-hydrogen) atoms. The molecular formula is C24H21ClF4N6O3. The van der Waals surface area contributed by atoms with E-state index in [0.29, 0.717) is 10.7 Å². The monoisotopic (exact) mass is 552 g/mol. The molecule has 2 aliphatic rings. The molecule has 200 valence electrons. The van der Waals surface area contributed by atoms with Gasteiger partial charge in [-0.05, 0) is 48.0 Å². The third-order valence-electron chi connectivity index (χ3n) is 5.89. The molecule has 3 heterocycles. The van der Waals surface area contributed by atoms with Crippen molar-refractivity contribution in [1.29, 1.82) is 0 Å². The summed E-state index contributed by atoms with van der Waals surface area (Å²) in [5.41, 5.74) is 0.614. The van der Waals surface area contributed by atoms with Crippen LogP contribution in [-0.4, -0.2) is 47.4 Å². The van der Waals surface area contributed by atoms with Gasteiger partial charge < -0.3 is 15.2 Å². The number of hydrogen-bond donors (Lipinski definition) is 3. The van der Waals surface area contributed by atoms with Gasteiger partial charge in [-0.15, -0.1) is 0 Å². The number of fused-ring (bicyclic) bond motifs is 2. The zero-order chi connectivity index (χ0) is 27.6. The molecule has 0 spiro atoms. The van der Waals surface area contributed by atoms with Crippen LogP contribution in [0, 0.1) is 11.6 Å². The lowest BCUT2D eigenvalue weighted by Gasteiger charge is -2.20. The smallest absolute Gasteiger partial charge is 0.327 e. The molecular weight excluding hydrogens is 532 g/mol. The number of imidazole rings is 1. The number of benzene rings is 2. The molecule has 5 rings (SSSR count). The number of aromatic nitrogens is 2. The van der Waals surface area contributed by atoms with Gasteiger partial charge in [-0.3, -0.25) is 19.8 Å². The summed E-state index contributed by atoms with van der Waals surface area (Å²) in [6.45, 7) is -0.461. The van der Waals surface area contributed by atoms with Crippen LogP contribution in [0.3, 0.4) is 0 Å². The van der Waals surface area contributed by atoms with Crippen LogP contribution in [0.4, 0.5) is 33.9 Å². The number of alkyl halides is 2. The molecule has 0 fully saturated rings. The topological polar surface area (TPSA) is 108 Å². The molecule has 2 aromatic carbocycles. The predicted molar refractivity (Wildman–Crippen MR) is 130 cm³/mol. The highest BCUT2D eigenvalue weighted by molar-refractivity contribution is 6.30. The van der Waals surface area contributed by atoms with Gasteiger partial charge in [0, 0.05) is 24.3 Å². The lowest BCUT2D eigenvalue weighted by Crippen LogP contribution is -2.37. The van der Waals surface area contributed by atoms with Crippen LogP contribution >= 0.6 is 11.6 Å². The van der Waals surface area contributed by atoms with Crippen molar-refractivity contribution in [3.8, 4) is 0 Å². The summed E-state index contributed by atoms with van der Waals surface area (Å²) in [4.78, 5) is 41.9. The fraction of sp³-hybridized carbons (Fsp3) is 0.250. The van der Waals surface area contributed by atoms with E-state index >= 15 is 0 Å². The van der Waals surface area contributed by atoms with Crippen molar-refractivity contribution in [3.05, 3.63) is 76.2 Å². The van der Waals surface area contributed by atoms with E-state index in [1.807, 2.05) is 0 Å². The lowest BCUT2D eigenvalue weighted by atomic mass is 10.0. The van der Waals surface area contributed by atoms with Crippen molar-refractivity contribution in [2.24, 2.45) is 0 Å². The van der Waals surface area contributed by atoms with Gasteiger partial charge in [-0.25, -0.2) is 27.3 Å². The molecule has 14 heteroatoms.